The van der Waals surface area contributed by atoms with E-state index in [-0.39, 0.29) is 0 Å². The highest BCUT2D eigenvalue weighted by molar-refractivity contribution is 9.10. The van der Waals surface area contributed by atoms with Gasteiger partial charge in [-0.2, -0.15) is 0 Å². The van der Waals surface area contributed by atoms with Gasteiger partial charge >= 0.3 is 0 Å². The fourth-order valence-corrected chi connectivity index (χ4v) is 2.67. The normalized spacial score (nSPS) is 11.3. The molecule has 4 nitrogen and oxygen atoms in total. The summed E-state index contributed by atoms with van der Waals surface area (Å²) in [5, 5.41) is 0.551. The van der Waals surface area contributed by atoms with Gasteiger partial charge in [0.25, 0.3) is 0 Å². The molecule has 2 N–H and O–H groups in total. The van der Waals surface area contributed by atoms with E-state index >= 15 is 0 Å². The van der Waals surface area contributed by atoms with Crippen LogP contribution in [0.4, 0.5) is 0 Å². The number of halogens is 1. The number of ether oxygens (including phenoxy) is 2. The van der Waals surface area contributed by atoms with Crippen molar-refractivity contribution in [1.29, 1.82) is 0 Å². The zero-order valence-electron chi connectivity index (χ0n) is 12.9. The molecule has 0 saturated carbocycles. The van der Waals surface area contributed by atoms with Crippen molar-refractivity contribution in [1.82, 2.24) is 0 Å². The minimum atomic E-state index is 0.510. The van der Waals surface area contributed by atoms with Gasteiger partial charge in [-0.1, -0.05) is 45.9 Å². The van der Waals surface area contributed by atoms with Gasteiger partial charge in [-0.15, -0.1) is 0 Å². The number of rotatable bonds is 7. The fourth-order valence-electron chi connectivity index (χ4n) is 1.88. The van der Waals surface area contributed by atoms with E-state index in [4.69, 9.17) is 15.2 Å². The Morgan fingerprint density at radius 3 is 2.65 bits per heavy atom. The van der Waals surface area contributed by atoms with Crippen LogP contribution < -0.4 is 15.2 Å². The van der Waals surface area contributed by atoms with Crippen LogP contribution in [0, 0.1) is 0 Å². The number of methoxy groups -OCH3 is 1. The van der Waals surface area contributed by atoms with E-state index in [1.54, 1.807) is 7.11 Å². The Morgan fingerprint density at radius 2 is 1.91 bits per heavy atom. The Bertz CT molecular complexity index is 647. The number of thioether (sulfide) groups is 1. The maximum absolute atomic E-state index is 5.92. The number of hydrogen-bond acceptors (Lipinski definition) is 4. The molecule has 0 heterocycles. The lowest BCUT2D eigenvalue weighted by molar-refractivity contribution is 0.344. The molecule has 2 rings (SSSR count). The third-order valence-corrected chi connectivity index (χ3v) is 4.34. The summed E-state index contributed by atoms with van der Waals surface area (Å²) in [6, 6.07) is 15.5. The van der Waals surface area contributed by atoms with Gasteiger partial charge in [0.15, 0.2) is 5.17 Å². The number of amidine groups is 1. The van der Waals surface area contributed by atoms with Crippen LogP contribution in [0.2, 0.25) is 0 Å². The van der Waals surface area contributed by atoms with Gasteiger partial charge in [0.2, 0.25) is 0 Å². The van der Waals surface area contributed by atoms with Crippen LogP contribution in [0.5, 0.6) is 11.5 Å². The van der Waals surface area contributed by atoms with Gasteiger partial charge in [-0.25, -0.2) is 0 Å². The first kappa shape index (κ1) is 17.7. The lowest BCUT2D eigenvalue weighted by atomic mass is 10.2. The van der Waals surface area contributed by atoms with Crippen molar-refractivity contribution in [3.8, 4) is 11.5 Å². The van der Waals surface area contributed by atoms with Crippen LogP contribution >= 0.6 is 27.7 Å². The predicted octanol–water partition coefficient (Wildman–Crippen LogP) is 4.08. The maximum atomic E-state index is 5.92. The highest BCUT2D eigenvalue weighted by Gasteiger charge is 2.01. The van der Waals surface area contributed by atoms with Gasteiger partial charge in [0.05, 0.1) is 20.3 Å². The van der Waals surface area contributed by atoms with Crippen molar-refractivity contribution in [2.75, 3.05) is 19.5 Å². The quantitative estimate of drug-likeness (QED) is 0.436. The largest absolute Gasteiger partial charge is 0.496 e. The highest BCUT2D eigenvalue weighted by Crippen LogP contribution is 2.19. The minimum absolute atomic E-state index is 0.510. The summed E-state index contributed by atoms with van der Waals surface area (Å²) in [7, 11) is 1.65. The van der Waals surface area contributed by atoms with Crippen LogP contribution in [0.3, 0.4) is 0 Å². The van der Waals surface area contributed by atoms with Crippen LogP contribution in [-0.2, 0) is 6.54 Å². The second kappa shape index (κ2) is 9.47. The third kappa shape index (κ3) is 6.15. The molecule has 0 radical (unpaired) electrons. The van der Waals surface area contributed by atoms with E-state index in [1.165, 1.54) is 11.8 Å². The predicted molar refractivity (Wildman–Crippen MR) is 100 cm³/mol. The molecule has 2 aromatic carbocycles. The van der Waals surface area contributed by atoms with E-state index in [2.05, 4.69) is 20.9 Å². The zero-order chi connectivity index (χ0) is 16.5. The molecule has 0 saturated heterocycles. The van der Waals surface area contributed by atoms with Crippen molar-refractivity contribution in [3.63, 3.8) is 0 Å². The molecule has 0 aliphatic rings. The van der Waals surface area contributed by atoms with Crippen LogP contribution in [0.25, 0.3) is 0 Å². The van der Waals surface area contributed by atoms with E-state index < -0.39 is 0 Å². The lowest BCUT2D eigenvalue weighted by Gasteiger charge is -2.07. The summed E-state index contributed by atoms with van der Waals surface area (Å²) in [5.74, 6) is 2.42. The summed E-state index contributed by atoms with van der Waals surface area (Å²) in [4.78, 5) is 4.37. The molecule has 6 heteroatoms. The Labute approximate surface area is 149 Å². The monoisotopic (exact) mass is 394 g/mol. The average molecular weight is 395 g/mol. The van der Waals surface area contributed by atoms with Crippen molar-refractivity contribution in [3.05, 3.63) is 58.6 Å². The standard InChI is InChI=1S/C17H19BrN2O2S/c1-21-16-5-3-2-4-13(16)12-20-17(19)23-11-10-22-15-8-6-14(18)7-9-15/h2-9H,10-12H2,1H3,(H2,19,20). The summed E-state index contributed by atoms with van der Waals surface area (Å²) < 4.78 is 12.0. The molecule has 0 unspecified atom stereocenters. The molecule has 2 aromatic rings. The smallest absolute Gasteiger partial charge is 0.154 e. The molecule has 0 atom stereocenters. The molecular weight excluding hydrogens is 376 g/mol. The number of nitrogens with two attached hydrogens (primary N) is 1. The zero-order valence-corrected chi connectivity index (χ0v) is 15.3. The fraction of sp³-hybridized carbons (Fsp3) is 0.235. The SMILES string of the molecule is COc1ccccc1CN=C(N)SCCOc1ccc(Br)cc1. The second-order valence-corrected chi connectivity index (χ2v) is 6.65. The molecule has 0 spiro atoms. The lowest BCUT2D eigenvalue weighted by Crippen LogP contribution is -2.11. The first-order chi connectivity index (χ1) is 11.2. The average Bonchev–Trinajstić information content (AvgIpc) is 2.58. The Hall–Kier alpha value is -1.66. The van der Waals surface area contributed by atoms with Crippen LogP contribution in [0.15, 0.2) is 58.0 Å². The first-order valence-corrected chi connectivity index (χ1v) is 8.90. The number of hydrogen-bond donors (Lipinski definition) is 1. The molecule has 0 aliphatic carbocycles. The molecule has 0 amide bonds. The number of para-hydroxylation sites is 1. The molecule has 0 aliphatic heterocycles. The third-order valence-electron chi connectivity index (χ3n) is 3.01. The van der Waals surface area contributed by atoms with Gasteiger partial charge in [0.1, 0.15) is 11.5 Å². The van der Waals surface area contributed by atoms with Crippen molar-refractivity contribution >= 4 is 32.9 Å². The number of benzene rings is 2. The van der Waals surface area contributed by atoms with Crippen LogP contribution in [-0.4, -0.2) is 24.6 Å². The number of nitrogens with zero attached hydrogens (tertiary/aromatic N) is 1. The Kier molecular flexibility index (Phi) is 7.29. The van der Waals surface area contributed by atoms with Crippen molar-refractivity contribution in [2.24, 2.45) is 10.7 Å². The second-order valence-electron chi connectivity index (χ2n) is 4.62. The molecule has 0 fully saturated rings. The molecule has 23 heavy (non-hydrogen) atoms. The van der Waals surface area contributed by atoms with E-state index in [0.717, 1.165) is 27.3 Å². The minimum Gasteiger partial charge on any atom is -0.496 e. The van der Waals surface area contributed by atoms with Crippen molar-refractivity contribution in [2.45, 2.75) is 6.54 Å². The topological polar surface area (TPSA) is 56.8 Å². The Morgan fingerprint density at radius 1 is 1.17 bits per heavy atom. The highest BCUT2D eigenvalue weighted by atomic mass is 79.9. The summed E-state index contributed by atoms with van der Waals surface area (Å²) in [6.45, 7) is 1.09. The first-order valence-electron chi connectivity index (χ1n) is 7.12. The van der Waals surface area contributed by atoms with Crippen LogP contribution in [0.1, 0.15) is 5.56 Å². The molecule has 122 valence electrons. The van der Waals surface area contributed by atoms with E-state index in [0.29, 0.717) is 18.3 Å². The van der Waals surface area contributed by atoms with E-state index in [9.17, 15) is 0 Å². The van der Waals surface area contributed by atoms with Gasteiger partial charge in [0, 0.05) is 15.8 Å². The summed E-state index contributed by atoms with van der Waals surface area (Å²) in [5.41, 5.74) is 6.94. The van der Waals surface area contributed by atoms with E-state index in [1.807, 2.05) is 48.5 Å². The van der Waals surface area contributed by atoms with Gasteiger partial charge in [-0.05, 0) is 30.3 Å². The summed E-state index contributed by atoms with van der Waals surface area (Å²) >= 11 is 4.88. The molecule has 0 bridgehead atoms. The van der Waals surface area contributed by atoms with Crippen molar-refractivity contribution < 1.29 is 9.47 Å². The molecule has 0 aromatic heterocycles. The van der Waals surface area contributed by atoms with Gasteiger partial charge < -0.3 is 15.2 Å². The summed E-state index contributed by atoms with van der Waals surface area (Å²) in [6.07, 6.45) is 0. The number of aliphatic imine (C=N–C) groups is 1. The molecular formula is C17H19BrN2O2S. The maximum Gasteiger partial charge on any atom is 0.154 e. The Balaban J connectivity index is 1.73. The van der Waals surface area contributed by atoms with Gasteiger partial charge in [-0.3, -0.25) is 4.99 Å².